The van der Waals surface area contributed by atoms with Crippen LogP contribution in [0.15, 0.2) is 0 Å². The third kappa shape index (κ3) is 2.55. The molecule has 3 rings (SSSR count). The van der Waals surface area contributed by atoms with Crippen LogP contribution in [0.1, 0.15) is 30.5 Å². The normalized spacial score (nSPS) is 25.1. The Morgan fingerprint density at radius 1 is 1.28 bits per heavy atom. The first-order valence-corrected chi connectivity index (χ1v) is 6.82. The number of rotatable bonds is 3. The minimum atomic E-state index is 0.0726. The first kappa shape index (κ1) is 12.1. The third-order valence-electron chi connectivity index (χ3n) is 3.72. The van der Waals surface area contributed by atoms with Crippen molar-refractivity contribution in [3.05, 3.63) is 11.6 Å². The van der Waals surface area contributed by atoms with Crippen molar-refractivity contribution >= 4 is 0 Å². The minimum Gasteiger partial charge on any atom is -0.379 e. The number of aromatic nitrogens is 3. The third-order valence-corrected chi connectivity index (χ3v) is 3.72. The highest BCUT2D eigenvalue weighted by atomic mass is 16.5. The fraction of sp³-hybridized carbons (Fsp3) is 0.833. The molecule has 2 aliphatic heterocycles. The van der Waals surface area contributed by atoms with E-state index in [9.17, 15) is 0 Å². The first-order valence-electron chi connectivity index (χ1n) is 6.82. The Hall–Kier alpha value is -0.980. The molecule has 1 saturated heterocycles. The highest BCUT2D eigenvalue weighted by molar-refractivity contribution is 5.01. The molecule has 0 bridgehead atoms. The number of nitrogens with zero attached hydrogens (tertiary/aromatic N) is 4. The van der Waals surface area contributed by atoms with Crippen LogP contribution in [0.2, 0.25) is 0 Å². The zero-order chi connectivity index (χ0) is 12.4. The number of hydrogen-bond acceptors (Lipinski definition) is 5. The number of morpholine rings is 1. The second-order valence-corrected chi connectivity index (χ2v) is 5.06. The van der Waals surface area contributed by atoms with E-state index in [4.69, 9.17) is 10.5 Å². The summed E-state index contributed by atoms with van der Waals surface area (Å²) < 4.78 is 7.33. The largest absolute Gasteiger partial charge is 0.379 e. The fourth-order valence-electron chi connectivity index (χ4n) is 2.62. The summed E-state index contributed by atoms with van der Waals surface area (Å²) in [5.74, 6) is 1.91. The quantitative estimate of drug-likeness (QED) is 0.815. The molecule has 0 amide bonds. The van der Waals surface area contributed by atoms with Crippen LogP contribution in [0.25, 0.3) is 0 Å². The smallest absolute Gasteiger partial charge is 0.152 e. The van der Waals surface area contributed by atoms with Crippen LogP contribution in [-0.2, 0) is 17.7 Å². The molecule has 1 atom stereocenters. The van der Waals surface area contributed by atoms with Gasteiger partial charge in [0.25, 0.3) is 0 Å². The lowest BCUT2D eigenvalue weighted by Gasteiger charge is -2.25. The summed E-state index contributed by atoms with van der Waals surface area (Å²) in [5, 5.41) is 4.55. The Morgan fingerprint density at radius 3 is 2.89 bits per heavy atom. The van der Waals surface area contributed by atoms with Crippen LogP contribution in [0.3, 0.4) is 0 Å². The highest BCUT2D eigenvalue weighted by Gasteiger charge is 2.21. The molecule has 1 aromatic rings. The fourth-order valence-corrected chi connectivity index (χ4v) is 2.62. The van der Waals surface area contributed by atoms with Gasteiger partial charge >= 0.3 is 0 Å². The van der Waals surface area contributed by atoms with Gasteiger partial charge in [-0.1, -0.05) is 0 Å². The Morgan fingerprint density at radius 2 is 2.11 bits per heavy atom. The summed E-state index contributed by atoms with van der Waals surface area (Å²) in [5.41, 5.74) is 6.05. The second kappa shape index (κ2) is 5.34. The van der Waals surface area contributed by atoms with Crippen LogP contribution < -0.4 is 5.73 Å². The molecule has 6 nitrogen and oxygen atoms in total. The van der Waals surface area contributed by atoms with Gasteiger partial charge in [0.1, 0.15) is 5.82 Å². The van der Waals surface area contributed by atoms with Crippen molar-refractivity contribution in [2.24, 2.45) is 5.73 Å². The average Bonchev–Trinajstić information content (AvgIpc) is 2.82. The molecule has 18 heavy (non-hydrogen) atoms. The molecular formula is C12H21N5O. The minimum absolute atomic E-state index is 0.0726. The van der Waals surface area contributed by atoms with E-state index in [0.717, 1.165) is 70.3 Å². The number of fused-ring (bicyclic) bond motifs is 1. The Labute approximate surface area is 107 Å². The van der Waals surface area contributed by atoms with E-state index in [-0.39, 0.29) is 6.04 Å². The van der Waals surface area contributed by atoms with Crippen LogP contribution >= 0.6 is 0 Å². The molecule has 100 valence electrons. The second-order valence-electron chi connectivity index (χ2n) is 5.06. The molecule has 0 radical (unpaired) electrons. The maximum atomic E-state index is 6.05. The first-order chi connectivity index (χ1) is 8.83. The van der Waals surface area contributed by atoms with E-state index < -0.39 is 0 Å². The van der Waals surface area contributed by atoms with Crippen molar-refractivity contribution in [2.45, 2.75) is 31.8 Å². The van der Waals surface area contributed by atoms with Crippen molar-refractivity contribution in [3.63, 3.8) is 0 Å². The predicted molar refractivity (Wildman–Crippen MR) is 67.1 cm³/mol. The lowest BCUT2D eigenvalue weighted by Crippen LogP contribution is -2.37. The Bertz CT molecular complexity index is 399. The van der Waals surface area contributed by atoms with Crippen molar-refractivity contribution in [2.75, 3.05) is 32.8 Å². The molecule has 0 aliphatic carbocycles. The highest BCUT2D eigenvalue weighted by Crippen LogP contribution is 2.20. The molecule has 6 heteroatoms. The summed E-state index contributed by atoms with van der Waals surface area (Å²) >= 11 is 0. The number of ether oxygens (including phenoxy) is 1. The Kier molecular flexibility index (Phi) is 3.58. The van der Waals surface area contributed by atoms with E-state index in [1.54, 1.807) is 0 Å². The maximum Gasteiger partial charge on any atom is 0.152 e. The molecule has 2 aliphatic rings. The monoisotopic (exact) mass is 251 g/mol. The van der Waals surface area contributed by atoms with E-state index >= 15 is 0 Å². The molecule has 1 unspecified atom stereocenters. The lowest BCUT2D eigenvalue weighted by molar-refractivity contribution is 0.0382. The van der Waals surface area contributed by atoms with Crippen LogP contribution in [0.4, 0.5) is 0 Å². The molecular weight excluding hydrogens is 230 g/mol. The zero-order valence-electron chi connectivity index (χ0n) is 10.7. The van der Waals surface area contributed by atoms with E-state index in [1.807, 2.05) is 4.68 Å². The van der Waals surface area contributed by atoms with E-state index in [0.29, 0.717) is 0 Å². The van der Waals surface area contributed by atoms with Gasteiger partial charge in [0, 0.05) is 32.6 Å². The standard InChI is InChI=1S/C12H21N5O/c13-10-2-1-4-17-12(10)14-11(15-17)3-5-16-6-8-18-9-7-16/h10H,1-9,13H2. The number of nitrogens with two attached hydrogens (primary N) is 1. The topological polar surface area (TPSA) is 69.2 Å². The van der Waals surface area contributed by atoms with Crippen LogP contribution in [0, 0.1) is 0 Å². The molecule has 1 aromatic heterocycles. The zero-order valence-corrected chi connectivity index (χ0v) is 10.7. The summed E-state index contributed by atoms with van der Waals surface area (Å²) in [6.45, 7) is 5.71. The van der Waals surface area contributed by atoms with Gasteiger partial charge in [-0.25, -0.2) is 9.67 Å². The average molecular weight is 251 g/mol. The predicted octanol–water partition coefficient (Wildman–Crippen LogP) is -0.0536. The van der Waals surface area contributed by atoms with Crippen LogP contribution in [-0.4, -0.2) is 52.5 Å². The molecule has 1 fully saturated rings. The van der Waals surface area contributed by atoms with Gasteiger partial charge in [-0.05, 0) is 12.8 Å². The summed E-state index contributed by atoms with van der Waals surface area (Å²) in [6.07, 6.45) is 3.05. The SMILES string of the molecule is NC1CCCn2nc(CCN3CCOCC3)nc21. The molecule has 0 saturated carbocycles. The maximum absolute atomic E-state index is 6.05. The van der Waals surface area contributed by atoms with Gasteiger partial charge in [-0.3, -0.25) is 4.90 Å². The number of hydrogen-bond donors (Lipinski definition) is 1. The van der Waals surface area contributed by atoms with Gasteiger partial charge < -0.3 is 10.5 Å². The Balaban J connectivity index is 1.59. The van der Waals surface area contributed by atoms with E-state index in [1.165, 1.54) is 0 Å². The molecule has 0 aromatic carbocycles. The summed E-state index contributed by atoms with van der Waals surface area (Å²) in [7, 11) is 0. The van der Waals surface area contributed by atoms with E-state index in [2.05, 4.69) is 15.0 Å². The molecule has 3 heterocycles. The van der Waals surface area contributed by atoms with Crippen molar-refractivity contribution in [3.8, 4) is 0 Å². The van der Waals surface area contributed by atoms with Gasteiger partial charge in [-0.2, -0.15) is 5.10 Å². The number of aryl methyl sites for hydroxylation is 1. The van der Waals surface area contributed by atoms with Gasteiger partial charge in [0.05, 0.1) is 19.3 Å². The van der Waals surface area contributed by atoms with Gasteiger partial charge in [0.15, 0.2) is 5.82 Å². The van der Waals surface area contributed by atoms with Gasteiger partial charge in [0.2, 0.25) is 0 Å². The van der Waals surface area contributed by atoms with Crippen LogP contribution in [0.5, 0.6) is 0 Å². The molecule has 0 spiro atoms. The summed E-state index contributed by atoms with van der Waals surface area (Å²) in [4.78, 5) is 6.99. The summed E-state index contributed by atoms with van der Waals surface area (Å²) in [6, 6.07) is 0.0726. The van der Waals surface area contributed by atoms with Crippen molar-refractivity contribution in [1.82, 2.24) is 19.7 Å². The van der Waals surface area contributed by atoms with Crippen molar-refractivity contribution < 1.29 is 4.74 Å². The molecule has 2 N–H and O–H groups in total. The lowest BCUT2D eigenvalue weighted by atomic mass is 10.1. The van der Waals surface area contributed by atoms with Crippen molar-refractivity contribution in [1.29, 1.82) is 0 Å². The van der Waals surface area contributed by atoms with Gasteiger partial charge in [-0.15, -0.1) is 0 Å².